The predicted molar refractivity (Wildman–Crippen MR) is 143 cm³/mol. The third-order valence-corrected chi connectivity index (χ3v) is 6.54. The Labute approximate surface area is 213 Å². The van der Waals surface area contributed by atoms with Gasteiger partial charge in [0.05, 0.1) is 18.2 Å². The van der Waals surface area contributed by atoms with E-state index in [1.165, 1.54) is 4.90 Å². The van der Waals surface area contributed by atoms with Crippen LogP contribution in [0.5, 0.6) is 5.75 Å². The quantitative estimate of drug-likeness (QED) is 0.251. The first-order valence-corrected chi connectivity index (χ1v) is 12.3. The van der Waals surface area contributed by atoms with E-state index in [0.29, 0.717) is 17.9 Å². The van der Waals surface area contributed by atoms with Crippen LogP contribution in [0.2, 0.25) is 0 Å². The van der Waals surface area contributed by atoms with Gasteiger partial charge in [0, 0.05) is 16.8 Å². The lowest BCUT2D eigenvalue weighted by molar-refractivity contribution is -0.132. The standard InChI is InChI=1S/C31H33NO4/c1-7-36-25-16-15-22(18-23(25)31(4,5)6)28(33)26-27(21-11-9-8-10-12-21)32(30(35)29(26)34)24-17-19(2)13-14-20(24)3/h8-18,27,33H,7H2,1-6H3/b28-26-. The van der Waals surface area contributed by atoms with Crippen LogP contribution in [0.1, 0.15) is 61.6 Å². The van der Waals surface area contributed by atoms with E-state index in [1.807, 2.05) is 81.4 Å². The average Bonchev–Trinajstić information content (AvgIpc) is 3.11. The van der Waals surface area contributed by atoms with Gasteiger partial charge in [-0.25, -0.2) is 0 Å². The zero-order chi connectivity index (χ0) is 26.2. The first-order chi connectivity index (χ1) is 17.0. The van der Waals surface area contributed by atoms with Crippen LogP contribution in [-0.2, 0) is 15.0 Å². The highest BCUT2D eigenvalue weighted by Crippen LogP contribution is 2.44. The van der Waals surface area contributed by atoms with Crippen LogP contribution >= 0.6 is 0 Å². The van der Waals surface area contributed by atoms with E-state index in [-0.39, 0.29) is 16.7 Å². The van der Waals surface area contributed by atoms with Crippen molar-refractivity contribution in [3.8, 4) is 5.75 Å². The molecule has 5 heteroatoms. The number of carbonyl (C=O) groups excluding carboxylic acids is 2. The number of hydrogen-bond acceptors (Lipinski definition) is 4. The number of aryl methyl sites for hydroxylation is 2. The number of ketones is 1. The minimum absolute atomic E-state index is 0.0797. The molecule has 3 aromatic carbocycles. The Morgan fingerprint density at radius 2 is 1.67 bits per heavy atom. The monoisotopic (exact) mass is 483 g/mol. The highest BCUT2D eigenvalue weighted by molar-refractivity contribution is 6.51. The lowest BCUT2D eigenvalue weighted by Crippen LogP contribution is -2.30. The number of aliphatic hydroxyl groups is 1. The highest BCUT2D eigenvalue weighted by Gasteiger charge is 2.47. The van der Waals surface area contributed by atoms with Gasteiger partial charge in [-0.1, -0.05) is 63.2 Å². The summed E-state index contributed by atoms with van der Waals surface area (Å²) in [5.74, 6) is -0.810. The van der Waals surface area contributed by atoms with Gasteiger partial charge in [0.2, 0.25) is 0 Å². The normalized spacial score (nSPS) is 17.5. The number of amides is 1. The molecule has 1 fully saturated rings. The van der Waals surface area contributed by atoms with Gasteiger partial charge in [-0.05, 0) is 67.1 Å². The molecule has 1 aliphatic heterocycles. The Morgan fingerprint density at radius 3 is 2.31 bits per heavy atom. The summed E-state index contributed by atoms with van der Waals surface area (Å²) < 4.78 is 5.82. The molecule has 0 spiro atoms. The van der Waals surface area contributed by atoms with Gasteiger partial charge >= 0.3 is 0 Å². The molecule has 0 radical (unpaired) electrons. The summed E-state index contributed by atoms with van der Waals surface area (Å²) in [4.78, 5) is 28.5. The molecule has 1 N–H and O–H groups in total. The van der Waals surface area contributed by atoms with Gasteiger partial charge in [0.15, 0.2) is 0 Å². The Bertz CT molecular complexity index is 1350. The van der Waals surface area contributed by atoms with Crippen molar-refractivity contribution >= 4 is 23.1 Å². The first-order valence-electron chi connectivity index (χ1n) is 12.3. The zero-order valence-electron chi connectivity index (χ0n) is 21.8. The number of aliphatic hydroxyl groups excluding tert-OH is 1. The van der Waals surface area contributed by atoms with Crippen molar-refractivity contribution in [3.05, 3.63) is 100 Å². The summed E-state index contributed by atoms with van der Waals surface area (Å²) in [6.07, 6.45) is 0. The maximum atomic E-state index is 13.5. The molecular formula is C31H33NO4. The predicted octanol–water partition coefficient (Wildman–Crippen LogP) is 6.63. The molecule has 5 nitrogen and oxygen atoms in total. The van der Waals surface area contributed by atoms with Crippen molar-refractivity contribution in [1.82, 2.24) is 0 Å². The number of nitrogens with zero attached hydrogens (tertiary/aromatic N) is 1. The summed E-state index contributed by atoms with van der Waals surface area (Å²) in [6, 6.07) is 19.8. The van der Waals surface area contributed by atoms with Crippen LogP contribution < -0.4 is 9.64 Å². The Balaban J connectivity index is 1.96. The number of rotatable bonds is 5. The molecule has 4 rings (SSSR count). The second-order valence-electron chi connectivity index (χ2n) is 10.3. The van der Waals surface area contributed by atoms with Crippen LogP contribution in [-0.4, -0.2) is 23.4 Å². The van der Waals surface area contributed by atoms with Crippen LogP contribution in [0.4, 0.5) is 5.69 Å². The van der Waals surface area contributed by atoms with Crippen LogP contribution in [0.3, 0.4) is 0 Å². The third-order valence-electron chi connectivity index (χ3n) is 6.54. The van der Waals surface area contributed by atoms with Crippen molar-refractivity contribution in [2.24, 2.45) is 0 Å². The summed E-state index contributed by atoms with van der Waals surface area (Å²) in [7, 11) is 0. The number of benzene rings is 3. The number of anilines is 1. The van der Waals surface area contributed by atoms with Gasteiger partial charge in [0.1, 0.15) is 11.5 Å². The lowest BCUT2D eigenvalue weighted by atomic mass is 9.84. The molecule has 3 aromatic rings. The summed E-state index contributed by atoms with van der Waals surface area (Å²) >= 11 is 0. The Morgan fingerprint density at radius 1 is 0.972 bits per heavy atom. The maximum absolute atomic E-state index is 13.5. The molecule has 1 unspecified atom stereocenters. The summed E-state index contributed by atoms with van der Waals surface area (Å²) in [6.45, 7) is 12.5. The summed E-state index contributed by atoms with van der Waals surface area (Å²) in [5.41, 5.74) is 4.47. The van der Waals surface area contributed by atoms with Crippen LogP contribution in [0.15, 0.2) is 72.3 Å². The molecule has 36 heavy (non-hydrogen) atoms. The zero-order valence-corrected chi connectivity index (χ0v) is 21.8. The Hall–Kier alpha value is -3.86. The molecule has 1 heterocycles. The molecule has 186 valence electrons. The molecule has 1 amide bonds. The lowest BCUT2D eigenvalue weighted by Gasteiger charge is -2.27. The third kappa shape index (κ3) is 4.53. The fourth-order valence-electron chi connectivity index (χ4n) is 4.71. The minimum Gasteiger partial charge on any atom is -0.507 e. The van der Waals surface area contributed by atoms with Crippen molar-refractivity contribution in [2.75, 3.05) is 11.5 Å². The summed E-state index contributed by atoms with van der Waals surface area (Å²) in [5, 5.41) is 11.6. The van der Waals surface area contributed by atoms with Crippen LogP contribution in [0.25, 0.3) is 5.76 Å². The molecule has 0 saturated carbocycles. The van der Waals surface area contributed by atoms with Gasteiger partial charge in [-0.3, -0.25) is 14.5 Å². The molecule has 0 aromatic heterocycles. The number of carbonyl (C=O) groups is 2. The average molecular weight is 484 g/mol. The van der Waals surface area contributed by atoms with E-state index in [4.69, 9.17) is 4.74 Å². The van der Waals surface area contributed by atoms with E-state index in [0.717, 1.165) is 28.0 Å². The van der Waals surface area contributed by atoms with Gasteiger partial charge in [-0.2, -0.15) is 0 Å². The van der Waals surface area contributed by atoms with E-state index in [9.17, 15) is 14.7 Å². The molecule has 0 aliphatic carbocycles. The van der Waals surface area contributed by atoms with E-state index in [1.54, 1.807) is 6.07 Å². The van der Waals surface area contributed by atoms with Gasteiger partial charge in [0.25, 0.3) is 11.7 Å². The second kappa shape index (κ2) is 9.65. The van der Waals surface area contributed by atoms with Crippen molar-refractivity contribution in [3.63, 3.8) is 0 Å². The van der Waals surface area contributed by atoms with E-state index in [2.05, 4.69) is 20.8 Å². The molecule has 0 bridgehead atoms. The largest absolute Gasteiger partial charge is 0.507 e. The van der Waals surface area contributed by atoms with Crippen LogP contribution in [0, 0.1) is 13.8 Å². The fourth-order valence-corrected chi connectivity index (χ4v) is 4.71. The van der Waals surface area contributed by atoms with E-state index >= 15 is 0 Å². The number of ether oxygens (including phenoxy) is 1. The molecule has 1 atom stereocenters. The number of hydrogen-bond donors (Lipinski definition) is 1. The maximum Gasteiger partial charge on any atom is 0.300 e. The molecule has 1 saturated heterocycles. The second-order valence-corrected chi connectivity index (χ2v) is 10.3. The van der Waals surface area contributed by atoms with E-state index < -0.39 is 17.7 Å². The SMILES string of the molecule is CCOc1ccc(/C(O)=C2/C(=O)C(=O)N(c3cc(C)ccc3C)C2c2ccccc2)cc1C(C)(C)C. The minimum atomic E-state index is -0.753. The Kier molecular flexibility index (Phi) is 6.77. The molecular weight excluding hydrogens is 450 g/mol. The smallest absolute Gasteiger partial charge is 0.300 e. The van der Waals surface area contributed by atoms with Crippen molar-refractivity contribution in [1.29, 1.82) is 0 Å². The highest BCUT2D eigenvalue weighted by atomic mass is 16.5. The van der Waals surface area contributed by atoms with Crippen molar-refractivity contribution in [2.45, 2.75) is 53.0 Å². The van der Waals surface area contributed by atoms with Gasteiger partial charge < -0.3 is 9.84 Å². The fraction of sp³-hybridized carbons (Fsp3) is 0.290. The van der Waals surface area contributed by atoms with Gasteiger partial charge in [-0.15, -0.1) is 0 Å². The van der Waals surface area contributed by atoms with Crippen molar-refractivity contribution < 1.29 is 19.4 Å². The topological polar surface area (TPSA) is 66.8 Å². The first kappa shape index (κ1) is 25.2. The molecule has 1 aliphatic rings. The number of Topliss-reactive ketones (excluding diaryl/α,β-unsaturated/α-hetero) is 1.